The molecule has 2 aromatic rings. The van der Waals surface area contributed by atoms with Crippen molar-refractivity contribution in [1.29, 1.82) is 0 Å². The normalized spacial score (nSPS) is 16.6. The molecular formula is C22H30N4O3. The van der Waals surface area contributed by atoms with Gasteiger partial charge in [0.05, 0.1) is 0 Å². The molecule has 4 N–H and O–H groups in total. The van der Waals surface area contributed by atoms with Crippen LogP contribution < -0.4 is 21.3 Å². The third-order valence-corrected chi connectivity index (χ3v) is 4.81. The van der Waals surface area contributed by atoms with E-state index >= 15 is 0 Å². The lowest BCUT2D eigenvalue weighted by atomic mass is 10.1. The summed E-state index contributed by atoms with van der Waals surface area (Å²) in [6.07, 6.45) is 3.07. The van der Waals surface area contributed by atoms with Crippen LogP contribution in [0.1, 0.15) is 30.4 Å². The maximum atomic E-state index is 12.6. The molecule has 0 unspecified atom stereocenters. The van der Waals surface area contributed by atoms with E-state index < -0.39 is 0 Å². The van der Waals surface area contributed by atoms with Gasteiger partial charge in [-0.2, -0.15) is 0 Å². The van der Waals surface area contributed by atoms with E-state index in [1.54, 1.807) is 0 Å². The van der Waals surface area contributed by atoms with Crippen LogP contribution in [-0.4, -0.2) is 32.7 Å². The quantitative estimate of drug-likeness (QED) is 0.507. The predicted molar refractivity (Wildman–Crippen MR) is 118 cm³/mol. The highest BCUT2D eigenvalue weighted by molar-refractivity contribution is 6.01. The number of urea groups is 1. The molecule has 1 aliphatic heterocycles. The molecule has 7 nitrogen and oxygen atoms in total. The van der Waals surface area contributed by atoms with Crippen LogP contribution in [0, 0.1) is 13.8 Å². The van der Waals surface area contributed by atoms with Crippen LogP contribution >= 0.6 is 0 Å². The highest BCUT2D eigenvalue weighted by Gasteiger charge is 2.09. The van der Waals surface area contributed by atoms with Crippen LogP contribution in [0.15, 0.2) is 36.4 Å². The van der Waals surface area contributed by atoms with E-state index in [1.165, 1.54) is 0 Å². The fourth-order valence-electron chi connectivity index (χ4n) is 3.01. The molecule has 0 fully saturated rings. The van der Waals surface area contributed by atoms with Gasteiger partial charge in [0.1, 0.15) is 13.5 Å². The third kappa shape index (κ3) is 6.66. The summed E-state index contributed by atoms with van der Waals surface area (Å²) < 4.78 is 11.3. The first kappa shape index (κ1) is 21.0. The fourth-order valence-corrected chi connectivity index (χ4v) is 3.01. The summed E-state index contributed by atoms with van der Waals surface area (Å²) in [5.41, 5.74) is 5.27. The van der Waals surface area contributed by atoms with Crippen molar-refractivity contribution in [3.8, 4) is 0 Å². The highest BCUT2D eigenvalue weighted by Crippen LogP contribution is 2.23. The molecule has 0 saturated heterocycles. The van der Waals surface area contributed by atoms with Gasteiger partial charge in [-0.15, -0.1) is 0 Å². The van der Waals surface area contributed by atoms with E-state index in [0.717, 1.165) is 53.1 Å². The Morgan fingerprint density at radius 2 is 1.21 bits per heavy atom. The molecule has 156 valence electrons. The summed E-state index contributed by atoms with van der Waals surface area (Å²) in [6.45, 7) is 6.20. The van der Waals surface area contributed by atoms with Crippen molar-refractivity contribution in [1.82, 2.24) is 0 Å². The van der Waals surface area contributed by atoms with Crippen molar-refractivity contribution < 1.29 is 14.3 Å². The van der Waals surface area contributed by atoms with E-state index in [2.05, 4.69) is 21.3 Å². The van der Waals surface area contributed by atoms with E-state index in [1.807, 2.05) is 50.2 Å². The number of carbonyl (C=O) groups is 1. The molecule has 0 aromatic heterocycles. The van der Waals surface area contributed by atoms with Crippen LogP contribution in [0.25, 0.3) is 0 Å². The van der Waals surface area contributed by atoms with Crippen molar-refractivity contribution in [3.05, 3.63) is 47.5 Å². The zero-order chi connectivity index (χ0) is 20.5. The number of hydrogen-bond acceptors (Lipinski definition) is 5. The number of rotatable bonds is 0. The topological polar surface area (TPSA) is 83.7 Å². The van der Waals surface area contributed by atoms with E-state index in [4.69, 9.17) is 9.47 Å². The van der Waals surface area contributed by atoms with Crippen LogP contribution in [0.3, 0.4) is 0 Å². The molecular weight excluding hydrogens is 368 g/mol. The lowest BCUT2D eigenvalue weighted by Crippen LogP contribution is -2.21. The van der Waals surface area contributed by atoms with Gasteiger partial charge in [0.25, 0.3) is 0 Å². The van der Waals surface area contributed by atoms with Gasteiger partial charge in [0.2, 0.25) is 0 Å². The SMILES string of the molecule is Cc1ccc2cc1NC(=O)Nc1cc(ccc1C)NCOCCCCCOCN2. The lowest BCUT2D eigenvalue weighted by molar-refractivity contribution is 0.131. The number of anilines is 4. The second kappa shape index (κ2) is 10.7. The van der Waals surface area contributed by atoms with Crippen molar-refractivity contribution in [2.24, 2.45) is 0 Å². The molecule has 1 aliphatic rings. The Morgan fingerprint density at radius 3 is 1.69 bits per heavy atom. The number of carbonyl (C=O) groups excluding carboxylic acids is 1. The standard InChI is InChI=1S/C22H30N4O3/c1-16-6-8-18-12-20(16)25-22(27)26-21-13-19(9-7-17(21)2)24-15-29-11-5-3-4-10-28-14-23-18/h6-9,12-13,23-24H,3-5,10-11,14-15H2,1-2H3,(H2,25,26,27). The molecule has 3 rings (SSSR count). The predicted octanol–water partition coefficient (Wildman–Crippen LogP) is 4.90. The number of benzene rings is 2. The lowest BCUT2D eigenvalue weighted by Gasteiger charge is -2.15. The summed E-state index contributed by atoms with van der Waals surface area (Å²) >= 11 is 0. The van der Waals surface area contributed by atoms with Gasteiger partial charge < -0.3 is 30.7 Å². The van der Waals surface area contributed by atoms with Crippen molar-refractivity contribution in [2.45, 2.75) is 33.1 Å². The minimum atomic E-state index is -0.285. The summed E-state index contributed by atoms with van der Waals surface area (Å²) in [5, 5.41) is 12.3. The Labute approximate surface area is 172 Å². The minimum Gasteiger partial charge on any atom is -0.363 e. The van der Waals surface area contributed by atoms with Crippen molar-refractivity contribution in [3.63, 3.8) is 0 Å². The molecule has 1 heterocycles. The molecule has 0 radical (unpaired) electrons. The molecule has 0 saturated carbocycles. The minimum absolute atomic E-state index is 0.285. The van der Waals surface area contributed by atoms with Gasteiger partial charge in [-0.05, 0) is 68.5 Å². The highest BCUT2D eigenvalue weighted by atomic mass is 16.5. The van der Waals surface area contributed by atoms with Gasteiger partial charge in [0.15, 0.2) is 0 Å². The number of ether oxygens (including phenoxy) is 2. The monoisotopic (exact) mass is 398 g/mol. The van der Waals surface area contributed by atoms with Gasteiger partial charge in [-0.25, -0.2) is 4.79 Å². The molecule has 0 aliphatic carbocycles. The summed E-state index contributed by atoms with van der Waals surface area (Å²) in [6, 6.07) is 11.4. The number of fused-ring (bicyclic) bond motifs is 4. The second-order valence-electron chi connectivity index (χ2n) is 7.16. The van der Waals surface area contributed by atoms with Crippen LogP contribution in [0.4, 0.5) is 27.5 Å². The number of hydrogen-bond donors (Lipinski definition) is 4. The molecule has 7 heteroatoms. The summed E-state index contributed by atoms with van der Waals surface area (Å²) in [4.78, 5) is 12.6. The van der Waals surface area contributed by atoms with Gasteiger partial charge in [-0.3, -0.25) is 0 Å². The first-order valence-corrected chi connectivity index (χ1v) is 10.0. The molecule has 0 atom stereocenters. The smallest absolute Gasteiger partial charge is 0.323 e. The third-order valence-electron chi connectivity index (χ3n) is 4.81. The summed E-state index contributed by atoms with van der Waals surface area (Å²) in [7, 11) is 0. The zero-order valence-corrected chi connectivity index (χ0v) is 17.1. The van der Waals surface area contributed by atoms with Crippen molar-refractivity contribution >= 4 is 28.8 Å². The Balaban J connectivity index is 1.74. The number of amides is 2. The Hall–Kier alpha value is -2.77. The maximum Gasteiger partial charge on any atom is 0.323 e. The fraction of sp³-hybridized carbons (Fsp3) is 0.409. The van der Waals surface area contributed by atoms with E-state index in [-0.39, 0.29) is 6.03 Å². The molecule has 0 spiro atoms. The molecule has 4 bridgehead atoms. The zero-order valence-electron chi connectivity index (χ0n) is 17.1. The molecule has 2 amide bonds. The van der Waals surface area contributed by atoms with Crippen LogP contribution in [0.2, 0.25) is 0 Å². The first-order chi connectivity index (χ1) is 14.1. The van der Waals surface area contributed by atoms with Crippen LogP contribution in [-0.2, 0) is 9.47 Å². The molecule has 2 aromatic carbocycles. The number of nitrogens with one attached hydrogen (secondary N) is 4. The summed E-state index contributed by atoms with van der Waals surface area (Å²) in [5.74, 6) is 0. The average molecular weight is 399 g/mol. The molecule has 29 heavy (non-hydrogen) atoms. The Bertz CT molecular complexity index is 760. The van der Waals surface area contributed by atoms with Gasteiger partial charge in [0, 0.05) is 36.0 Å². The Kier molecular flexibility index (Phi) is 7.72. The maximum absolute atomic E-state index is 12.6. The van der Waals surface area contributed by atoms with E-state index in [0.29, 0.717) is 26.7 Å². The Morgan fingerprint density at radius 1 is 0.724 bits per heavy atom. The average Bonchev–Trinajstić information content (AvgIpc) is 2.70. The second-order valence-corrected chi connectivity index (χ2v) is 7.16. The first-order valence-electron chi connectivity index (χ1n) is 10.0. The van der Waals surface area contributed by atoms with Crippen molar-refractivity contribution in [2.75, 3.05) is 47.9 Å². The van der Waals surface area contributed by atoms with Gasteiger partial charge in [-0.1, -0.05) is 12.1 Å². The largest absolute Gasteiger partial charge is 0.363 e. The van der Waals surface area contributed by atoms with Crippen LogP contribution in [0.5, 0.6) is 0 Å². The van der Waals surface area contributed by atoms with Gasteiger partial charge >= 0.3 is 6.03 Å². The van der Waals surface area contributed by atoms with E-state index in [9.17, 15) is 4.79 Å². The number of aryl methyl sites for hydroxylation is 2.